The van der Waals surface area contributed by atoms with Crippen LogP contribution < -0.4 is 10.1 Å². The lowest BCUT2D eigenvalue weighted by Crippen LogP contribution is -2.13. The number of para-hydroxylation sites is 1. The van der Waals surface area contributed by atoms with Gasteiger partial charge in [-0.1, -0.05) is 18.2 Å². The molecule has 7 heteroatoms. The minimum Gasteiger partial charge on any atom is -0.494 e. The van der Waals surface area contributed by atoms with Crippen molar-refractivity contribution in [3.05, 3.63) is 42.1 Å². The number of carbonyl (C=O) groups is 2. The van der Waals surface area contributed by atoms with E-state index in [0.29, 0.717) is 13.0 Å². The fourth-order valence-corrected chi connectivity index (χ4v) is 1.64. The number of rotatable bonds is 7. The molecule has 0 aliphatic carbocycles. The number of hydrogen-bond donors (Lipinski definition) is 3. The Morgan fingerprint density at radius 3 is 2.71 bits per heavy atom. The minimum atomic E-state index is -1.13. The summed E-state index contributed by atoms with van der Waals surface area (Å²) in [7, 11) is 0. The number of carboxylic acid groups (broad SMARTS) is 1. The second-order valence-corrected chi connectivity index (χ2v) is 4.29. The molecule has 110 valence electrons. The number of carbonyl (C=O) groups excluding carboxylic acids is 1. The molecule has 0 aliphatic heterocycles. The molecule has 0 bridgehead atoms. The van der Waals surface area contributed by atoms with Gasteiger partial charge in [-0.25, -0.2) is 4.79 Å². The van der Waals surface area contributed by atoms with E-state index in [-0.39, 0.29) is 23.8 Å². The number of nitrogens with one attached hydrogen (secondary N) is 2. The van der Waals surface area contributed by atoms with E-state index in [1.165, 1.54) is 6.07 Å². The highest BCUT2D eigenvalue weighted by Gasteiger charge is 2.09. The molecule has 0 spiro atoms. The van der Waals surface area contributed by atoms with Crippen LogP contribution in [-0.2, 0) is 4.79 Å². The third-order valence-electron chi connectivity index (χ3n) is 2.64. The van der Waals surface area contributed by atoms with Crippen LogP contribution in [0.25, 0.3) is 0 Å². The Kier molecular flexibility index (Phi) is 4.92. The highest BCUT2D eigenvalue weighted by molar-refractivity contribution is 5.92. The van der Waals surface area contributed by atoms with Crippen LogP contribution in [0.4, 0.5) is 5.82 Å². The lowest BCUT2D eigenvalue weighted by Gasteiger charge is -2.05. The van der Waals surface area contributed by atoms with Crippen LogP contribution in [0.3, 0.4) is 0 Å². The molecule has 0 unspecified atom stereocenters. The Morgan fingerprint density at radius 1 is 1.29 bits per heavy atom. The normalized spacial score (nSPS) is 10.1. The van der Waals surface area contributed by atoms with E-state index in [4.69, 9.17) is 9.84 Å². The molecule has 1 aromatic carbocycles. The van der Waals surface area contributed by atoms with Crippen LogP contribution in [0.5, 0.6) is 5.75 Å². The molecule has 0 atom stereocenters. The van der Waals surface area contributed by atoms with E-state index >= 15 is 0 Å². The molecule has 1 amide bonds. The highest BCUT2D eigenvalue weighted by Crippen LogP contribution is 2.09. The summed E-state index contributed by atoms with van der Waals surface area (Å²) < 4.78 is 5.46. The summed E-state index contributed by atoms with van der Waals surface area (Å²) in [5, 5.41) is 17.2. The summed E-state index contributed by atoms with van der Waals surface area (Å²) in [4.78, 5) is 22.3. The van der Waals surface area contributed by atoms with Crippen molar-refractivity contribution in [2.24, 2.45) is 0 Å². The number of aromatic amines is 1. The number of ether oxygens (including phenoxy) is 1. The quantitative estimate of drug-likeness (QED) is 0.675. The monoisotopic (exact) mass is 289 g/mol. The fourth-order valence-electron chi connectivity index (χ4n) is 1.64. The lowest BCUT2D eigenvalue weighted by molar-refractivity contribution is -0.116. The molecule has 2 aromatic rings. The van der Waals surface area contributed by atoms with Crippen LogP contribution in [-0.4, -0.2) is 33.8 Å². The molecular weight excluding hydrogens is 274 g/mol. The number of amides is 1. The molecule has 1 heterocycles. The van der Waals surface area contributed by atoms with Gasteiger partial charge in [0, 0.05) is 12.5 Å². The molecule has 0 saturated carbocycles. The van der Waals surface area contributed by atoms with E-state index in [0.717, 1.165) is 5.75 Å². The predicted molar refractivity (Wildman–Crippen MR) is 75.3 cm³/mol. The summed E-state index contributed by atoms with van der Waals surface area (Å²) in [6, 6.07) is 10.6. The topological polar surface area (TPSA) is 104 Å². The predicted octanol–water partition coefficient (Wildman–Crippen LogP) is 1.91. The largest absolute Gasteiger partial charge is 0.494 e. The average molecular weight is 289 g/mol. The molecule has 3 N–H and O–H groups in total. The maximum atomic E-state index is 11.6. The molecule has 21 heavy (non-hydrogen) atoms. The van der Waals surface area contributed by atoms with Gasteiger partial charge >= 0.3 is 5.97 Å². The zero-order valence-electron chi connectivity index (χ0n) is 11.2. The Bertz CT molecular complexity index is 610. The van der Waals surface area contributed by atoms with Crippen LogP contribution in [0.15, 0.2) is 36.4 Å². The lowest BCUT2D eigenvalue weighted by atomic mass is 10.3. The number of aromatic nitrogens is 2. The van der Waals surface area contributed by atoms with Crippen molar-refractivity contribution in [3.63, 3.8) is 0 Å². The van der Waals surface area contributed by atoms with Gasteiger partial charge in [0.2, 0.25) is 5.91 Å². The average Bonchev–Trinajstić information content (AvgIpc) is 2.93. The van der Waals surface area contributed by atoms with Gasteiger partial charge in [-0.15, -0.1) is 0 Å². The molecule has 0 saturated heterocycles. The van der Waals surface area contributed by atoms with Gasteiger partial charge in [-0.3, -0.25) is 9.89 Å². The van der Waals surface area contributed by atoms with E-state index < -0.39 is 5.97 Å². The third-order valence-corrected chi connectivity index (χ3v) is 2.64. The van der Waals surface area contributed by atoms with Crippen molar-refractivity contribution in [1.82, 2.24) is 10.2 Å². The highest BCUT2D eigenvalue weighted by atomic mass is 16.5. The first kappa shape index (κ1) is 14.6. The van der Waals surface area contributed by atoms with Crippen molar-refractivity contribution in [2.75, 3.05) is 11.9 Å². The van der Waals surface area contributed by atoms with Gasteiger partial charge in [0.1, 0.15) is 11.4 Å². The fraction of sp³-hybridized carbons (Fsp3) is 0.214. The molecule has 0 aliphatic rings. The van der Waals surface area contributed by atoms with Crippen molar-refractivity contribution in [3.8, 4) is 5.75 Å². The zero-order chi connectivity index (χ0) is 15.1. The molecule has 0 radical (unpaired) electrons. The van der Waals surface area contributed by atoms with Gasteiger partial charge in [-0.2, -0.15) is 5.10 Å². The Labute approximate surface area is 120 Å². The maximum Gasteiger partial charge on any atom is 0.353 e. The van der Waals surface area contributed by atoms with Crippen molar-refractivity contribution < 1.29 is 19.4 Å². The summed E-state index contributed by atoms with van der Waals surface area (Å²) in [6.45, 7) is 0.429. The van der Waals surface area contributed by atoms with Crippen molar-refractivity contribution >= 4 is 17.7 Å². The van der Waals surface area contributed by atoms with Crippen LogP contribution in [0, 0.1) is 0 Å². The summed E-state index contributed by atoms with van der Waals surface area (Å²) in [6.07, 6.45) is 0.818. The zero-order valence-corrected chi connectivity index (χ0v) is 11.2. The minimum absolute atomic E-state index is 0.0716. The number of hydrogen-bond acceptors (Lipinski definition) is 4. The van der Waals surface area contributed by atoms with Gasteiger partial charge in [0.15, 0.2) is 5.82 Å². The molecule has 1 aromatic heterocycles. The van der Waals surface area contributed by atoms with Gasteiger partial charge in [0.05, 0.1) is 6.61 Å². The van der Waals surface area contributed by atoms with E-state index in [1.54, 1.807) is 0 Å². The Balaban J connectivity index is 1.68. The van der Waals surface area contributed by atoms with Crippen LogP contribution in [0.2, 0.25) is 0 Å². The molecule has 2 rings (SSSR count). The first-order chi connectivity index (χ1) is 10.1. The van der Waals surface area contributed by atoms with Crippen molar-refractivity contribution in [1.29, 1.82) is 0 Å². The number of nitrogens with zero attached hydrogens (tertiary/aromatic N) is 1. The van der Waals surface area contributed by atoms with Crippen molar-refractivity contribution in [2.45, 2.75) is 12.8 Å². The summed E-state index contributed by atoms with van der Waals surface area (Å²) in [5.74, 6) is -0.410. The van der Waals surface area contributed by atoms with E-state index in [2.05, 4.69) is 15.5 Å². The molecule has 0 fully saturated rings. The third kappa shape index (κ3) is 4.64. The van der Waals surface area contributed by atoms with Gasteiger partial charge < -0.3 is 15.2 Å². The molecular formula is C14H15N3O4. The van der Waals surface area contributed by atoms with E-state index in [9.17, 15) is 9.59 Å². The SMILES string of the molecule is O=C(CCCOc1ccccc1)Nc1cc(C(=O)O)[nH]n1. The maximum absolute atomic E-state index is 11.6. The van der Waals surface area contributed by atoms with Crippen LogP contribution >= 0.6 is 0 Å². The Hall–Kier alpha value is -2.83. The molecule has 7 nitrogen and oxygen atoms in total. The van der Waals surface area contributed by atoms with Gasteiger partial charge in [-0.05, 0) is 18.6 Å². The van der Waals surface area contributed by atoms with Crippen LogP contribution in [0.1, 0.15) is 23.3 Å². The number of carboxylic acids is 1. The second kappa shape index (κ2) is 7.09. The number of anilines is 1. The first-order valence-electron chi connectivity index (χ1n) is 6.41. The van der Waals surface area contributed by atoms with E-state index in [1.807, 2.05) is 30.3 Å². The second-order valence-electron chi connectivity index (χ2n) is 4.29. The number of H-pyrrole nitrogens is 1. The number of aromatic carboxylic acids is 1. The standard InChI is InChI=1S/C14H15N3O4/c18-13(15-12-9-11(14(19)20)16-17-12)7-4-8-21-10-5-2-1-3-6-10/h1-3,5-6,9H,4,7-8H2,(H,19,20)(H2,15,16,17,18). The number of benzene rings is 1. The van der Waals surface area contributed by atoms with Gasteiger partial charge in [0.25, 0.3) is 0 Å². The smallest absolute Gasteiger partial charge is 0.353 e. The summed E-state index contributed by atoms with van der Waals surface area (Å²) in [5.41, 5.74) is -0.0716. The summed E-state index contributed by atoms with van der Waals surface area (Å²) >= 11 is 0. The Morgan fingerprint density at radius 2 is 2.05 bits per heavy atom. The first-order valence-corrected chi connectivity index (χ1v) is 6.41.